The molecule has 0 heterocycles. The Bertz CT molecular complexity index is 807. The molecule has 0 aromatic heterocycles. The van der Waals surface area contributed by atoms with Gasteiger partial charge in [-0.3, -0.25) is 4.79 Å². The molecule has 0 bridgehead atoms. The molecule has 2 atom stereocenters. The zero-order valence-electron chi connectivity index (χ0n) is 14.4. The van der Waals surface area contributed by atoms with E-state index >= 15 is 0 Å². The van der Waals surface area contributed by atoms with Crippen LogP contribution >= 0.6 is 0 Å². The summed E-state index contributed by atoms with van der Waals surface area (Å²) in [6, 6.07) is 7.36. The third kappa shape index (κ3) is 5.75. The van der Waals surface area contributed by atoms with Gasteiger partial charge < -0.3 is 10.4 Å². The lowest BCUT2D eigenvalue weighted by Gasteiger charge is -2.16. The first kappa shape index (κ1) is 20.8. The lowest BCUT2D eigenvalue weighted by Crippen LogP contribution is -2.33. The minimum atomic E-state index is -4.47. The van der Waals surface area contributed by atoms with Crippen molar-refractivity contribution >= 4 is 5.91 Å². The van der Waals surface area contributed by atoms with Crippen molar-refractivity contribution in [3.63, 3.8) is 0 Å². The third-order valence-corrected chi connectivity index (χ3v) is 4.03. The van der Waals surface area contributed by atoms with E-state index in [0.29, 0.717) is 11.6 Å². The molecule has 1 amide bonds. The number of nitrogens with one attached hydrogen (secondary N) is 1. The number of hydrogen-bond donors (Lipinski definition) is 2. The van der Waals surface area contributed by atoms with Crippen molar-refractivity contribution in [3.8, 4) is 0 Å². The van der Waals surface area contributed by atoms with Crippen LogP contribution < -0.4 is 5.32 Å². The Morgan fingerprint density at radius 1 is 1.15 bits per heavy atom. The second kappa shape index (κ2) is 8.47. The molecule has 2 aromatic rings. The minimum Gasteiger partial charge on any atom is -0.386 e. The van der Waals surface area contributed by atoms with E-state index in [1.165, 1.54) is 19.1 Å². The number of carbonyl (C=O) groups is 1. The summed E-state index contributed by atoms with van der Waals surface area (Å²) >= 11 is 0. The molecule has 2 rings (SSSR count). The van der Waals surface area contributed by atoms with E-state index in [1.807, 2.05) is 0 Å². The molecule has 0 saturated heterocycles. The number of carbonyl (C=O) groups excluding carboxylic acids is 1. The van der Waals surface area contributed by atoms with Crippen molar-refractivity contribution in [2.24, 2.45) is 5.92 Å². The molecule has 2 N–H and O–H groups in total. The predicted molar refractivity (Wildman–Crippen MR) is 88.6 cm³/mol. The molecule has 0 radical (unpaired) electrons. The summed E-state index contributed by atoms with van der Waals surface area (Å²) in [7, 11) is 0. The number of aliphatic hydroxyl groups is 1. The van der Waals surface area contributed by atoms with E-state index in [2.05, 4.69) is 5.32 Å². The van der Waals surface area contributed by atoms with Gasteiger partial charge in [-0.2, -0.15) is 13.2 Å². The summed E-state index contributed by atoms with van der Waals surface area (Å²) in [5.74, 6) is -2.90. The first-order chi connectivity index (χ1) is 12.6. The van der Waals surface area contributed by atoms with Crippen LogP contribution in [0.4, 0.5) is 22.0 Å². The smallest absolute Gasteiger partial charge is 0.386 e. The third-order valence-electron chi connectivity index (χ3n) is 4.03. The molecule has 0 saturated carbocycles. The lowest BCUT2D eigenvalue weighted by molar-refractivity contribution is -0.137. The summed E-state index contributed by atoms with van der Waals surface area (Å²) in [6.45, 7) is 1.22. The highest BCUT2D eigenvalue weighted by molar-refractivity contribution is 5.78. The van der Waals surface area contributed by atoms with Crippen molar-refractivity contribution in [3.05, 3.63) is 70.8 Å². The Kier molecular flexibility index (Phi) is 6.54. The topological polar surface area (TPSA) is 49.3 Å². The molecular formula is C19H18F5NO2. The Morgan fingerprint density at radius 3 is 2.48 bits per heavy atom. The van der Waals surface area contributed by atoms with Crippen molar-refractivity contribution < 1.29 is 31.9 Å². The molecule has 0 fully saturated rings. The molecular weight excluding hydrogens is 369 g/mol. The Labute approximate surface area is 152 Å². The van der Waals surface area contributed by atoms with Crippen LogP contribution in [0.2, 0.25) is 0 Å². The van der Waals surface area contributed by atoms with Crippen LogP contribution in [0.1, 0.15) is 29.7 Å². The lowest BCUT2D eigenvalue weighted by atomic mass is 9.98. The average Bonchev–Trinajstić information content (AvgIpc) is 2.58. The molecule has 0 spiro atoms. The van der Waals surface area contributed by atoms with Crippen LogP contribution in [0.25, 0.3) is 0 Å². The van der Waals surface area contributed by atoms with E-state index in [-0.39, 0.29) is 18.5 Å². The fraction of sp³-hybridized carbons (Fsp3) is 0.316. The number of aliphatic hydroxyl groups excluding tert-OH is 1. The van der Waals surface area contributed by atoms with Crippen LogP contribution in [-0.2, 0) is 17.4 Å². The van der Waals surface area contributed by atoms with E-state index < -0.39 is 41.3 Å². The molecule has 0 aliphatic carbocycles. The summed E-state index contributed by atoms with van der Waals surface area (Å²) in [5.41, 5.74) is -0.616. The van der Waals surface area contributed by atoms with Crippen molar-refractivity contribution in [1.82, 2.24) is 5.32 Å². The standard InChI is InChI=1S/C19H18F5NO2/c1-11(7-12-3-2-4-13(8-12)19(22,23)24)18(27)25-10-17(26)15-6-5-14(20)9-16(15)21/h2-6,8-9,11,17,26H,7,10H2,1H3,(H,25,27)/t11-,17-/m0/s1. The monoisotopic (exact) mass is 387 g/mol. The Hall–Kier alpha value is -2.48. The van der Waals surface area contributed by atoms with Gasteiger partial charge in [-0.25, -0.2) is 8.78 Å². The molecule has 146 valence electrons. The normalized spacial score (nSPS) is 13.9. The predicted octanol–water partition coefficient (Wildman–Crippen LogP) is 4.01. The minimum absolute atomic E-state index is 0.0662. The van der Waals surface area contributed by atoms with Gasteiger partial charge in [0, 0.05) is 24.1 Å². The second-order valence-electron chi connectivity index (χ2n) is 6.23. The summed E-state index contributed by atoms with van der Waals surface area (Å²) in [5, 5.41) is 12.4. The van der Waals surface area contributed by atoms with Crippen molar-refractivity contribution in [1.29, 1.82) is 0 Å². The van der Waals surface area contributed by atoms with Gasteiger partial charge in [0.05, 0.1) is 11.7 Å². The van der Waals surface area contributed by atoms with Crippen LogP contribution in [0, 0.1) is 17.6 Å². The zero-order chi connectivity index (χ0) is 20.2. The van der Waals surface area contributed by atoms with E-state index in [4.69, 9.17) is 0 Å². The van der Waals surface area contributed by atoms with E-state index in [0.717, 1.165) is 24.3 Å². The molecule has 27 heavy (non-hydrogen) atoms. The molecule has 0 aliphatic rings. The summed E-state index contributed by atoms with van der Waals surface area (Å²) < 4.78 is 64.7. The van der Waals surface area contributed by atoms with Gasteiger partial charge in [0.15, 0.2) is 0 Å². The highest BCUT2D eigenvalue weighted by Crippen LogP contribution is 2.30. The maximum Gasteiger partial charge on any atom is 0.416 e. The fourth-order valence-electron chi connectivity index (χ4n) is 2.57. The highest BCUT2D eigenvalue weighted by atomic mass is 19.4. The molecule has 3 nitrogen and oxygen atoms in total. The average molecular weight is 387 g/mol. The van der Waals surface area contributed by atoms with Gasteiger partial charge in [-0.15, -0.1) is 0 Å². The Morgan fingerprint density at radius 2 is 1.85 bits per heavy atom. The van der Waals surface area contributed by atoms with Gasteiger partial charge in [0.25, 0.3) is 0 Å². The first-order valence-electron chi connectivity index (χ1n) is 8.14. The zero-order valence-corrected chi connectivity index (χ0v) is 14.4. The molecule has 0 unspecified atom stereocenters. The van der Waals surface area contributed by atoms with Crippen molar-refractivity contribution in [2.75, 3.05) is 6.54 Å². The quantitative estimate of drug-likeness (QED) is 0.736. The van der Waals surface area contributed by atoms with Gasteiger partial charge in [0.2, 0.25) is 5.91 Å². The number of alkyl halides is 3. The number of benzene rings is 2. The van der Waals surface area contributed by atoms with E-state index in [1.54, 1.807) is 0 Å². The van der Waals surface area contributed by atoms with Gasteiger partial charge in [-0.1, -0.05) is 31.2 Å². The van der Waals surface area contributed by atoms with Gasteiger partial charge in [0.1, 0.15) is 11.6 Å². The number of hydrogen-bond acceptors (Lipinski definition) is 2. The SMILES string of the molecule is C[C@@H](Cc1cccc(C(F)(F)F)c1)C(=O)NC[C@H](O)c1ccc(F)cc1F. The summed E-state index contributed by atoms with van der Waals surface area (Å²) in [4.78, 5) is 12.1. The summed E-state index contributed by atoms with van der Waals surface area (Å²) in [6.07, 6.45) is -5.78. The fourth-order valence-corrected chi connectivity index (χ4v) is 2.57. The number of amides is 1. The van der Waals surface area contributed by atoms with Gasteiger partial charge in [-0.05, 0) is 24.1 Å². The van der Waals surface area contributed by atoms with Crippen LogP contribution in [-0.4, -0.2) is 17.6 Å². The molecule has 0 aliphatic heterocycles. The number of halogens is 5. The van der Waals surface area contributed by atoms with Crippen molar-refractivity contribution in [2.45, 2.75) is 25.6 Å². The van der Waals surface area contributed by atoms with E-state index in [9.17, 15) is 31.9 Å². The largest absolute Gasteiger partial charge is 0.416 e. The van der Waals surface area contributed by atoms with Crippen LogP contribution in [0.3, 0.4) is 0 Å². The number of rotatable bonds is 6. The van der Waals surface area contributed by atoms with Crippen LogP contribution in [0.5, 0.6) is 0 Å². The Balaban J connectivity index is 1.94. The molecule has 2 aromatic carbocycles. The van der Waals surface area contributed by atoms with Crippen LogP contribution in [0.15, 0.2) is 42.5 Å². The molecule has 8 heteroatoms. The highest BCUT2D eigenvalue weighted by Gasteiger charge is 2.30. The first-order valence-corrected chi connectivity index (χ1v) is 8.14. The van der Waals surface area contributed by atoms with Gasteiger partial charge >= 0.3 is 6.18 Å². The maximum absolute atomic E-state index is 13.6. The maximum atomic E-state index is 13.6. The second-order valence-corrected chi connectivity index (χ2v) is 6.23.